The molecule has 1 aromatic heterocycles. The molecule has 98 valence electrons. The third-order valence-corrected chi connectivity index (χ3v) is 3.46. The Morgan fingerprint density at radius 1 is 1.11 bits per heavy atom. The van der Waals surface area contributed by atoms with Gasteiger partial charge in [-0.15, -0.1) is 0 Å². The van der Waals surface area contributed by atoms with Gasteiger partial charge in [-0.3, -0.25) is 4.79 Å². The number of nitrogens with zero attached hydrogens (tertiary/aromatic N) is 1. The Kier molecular flexibility index (Phi) is 3.23. The van der Waals surface area contributed by atoms with Crippen LogP contribution in [0.3, 0.4) is 0 Å². The summed E-state index contributed by atoms with van der Waals surface area (Å²) in [7, 11) is 0. The van der Waals surface area contributed by atoms with Crippen molar-refractivity contribution in [1.29, 1.82) is 0 Å². The zero-order valence-corrected chi connectivity index (χ0v) is 10.7. The molecule has 4 heteroatoms. The number of carbonyl (C=O) groups is 1. The van der Waals surface area contributed by atoms with Crippen molar-refractivity contribution in [1.82, 2.24) is 4.98 Å². The van der Waals surface area contributed by atoms with Crippen molar-refractivity contribution < 1.29 is 4.79 Å². The lowest BCUT2D eigenvalue weighted by molar-refractivity contribution is 0.102. The van der Waals surface area contributed by atoms with Crippen molar-refractivity contribution in [3.63, 3.8) is 0 Å². The van der Waals surface area contributed by atoms with Crippen LogP contribution in [0.15, 0.2) is 42.7 Å². The van der Waals surface area contributed by atoms with E-state index >= 15 is 0 Å². The summed E-state index contributed by atoms with van der Waals surface area (Å²) in [5, 5.41) is 2.88. The van der Waals surface area contributed by atoms with Crippen LogP contribution in [0.4, 0.5) is 11.4 Å². The number of aromatic nitrogens is 1. The first kappa shape index (κ1) is 11.8. The zero-order chi connectivity index (χ0) is 13.1. The summed E-state index contributed by atoms with van der Waals surface area (Å²) in [6.45, 7) is 2.27. The molecule has 0 spiro atoms. The Hall–Kier alpha value is -2.23. The van der Waals surface area contributed by atoms with Crippen molar-refractivity contribution in [2.45, 2.75) is 12.8 Å². The van der Waals surface area contributed by atoms with Crippen molar-refractivity contribution in [3.8, 4) is 0 Å². The largest absolute Gasteiger partial charge is 0.372 e. The third kappa shape index (κ3) is 2.62. The average Bonchev–Trinajstić information content (AvgIpc) is 3.13. The van der Waals surface area contributed by atoms with E-state index in [1.54, 1.807) is 18.5 Å². The maximum Gasteiger partial charge on any atom is 0.257 e. The number of anilines is 2. The molecular weight excluding hydrogens is 238 g/mol. The summed E-state index contributed by atoms with van der Waals surface area (Å²) < 4.78 is 0. The number of hydrogen-bond acceptors (Lipinski definition) is 2. The number of benzene rings is 1. The number of amides is 1. The molecule has 3 rings (SSSR count). The number of aromatic amines is 1. The van der Waals surface area contributed by atoms with Gasteiger partial charge in [-0.2, -0.15) is 0 Å². The van der Waals surface area contributed by atoms with Crippen LogP contribution in [-0.2, 0) is 0 Å². The second-order valence-corrected chi connectivity index (χ2v) is 4.79. The van der Waals surface area contributed by atoms with E-state index in [1.165, 1.54) is 18.5 Å². The Bertz CT molecular complexity index is 539. The van der Waals surface area contributed by atoms with Gasteiger partial charge in [-0.25, -0.2) is 0 Å². The monoisotopic (exact) mass is 255 g/mol. The number of H-pyrrole nitrogens is 1. The highest BCUT2D eigenvalue weighted by atomic mass is 16.1. The first-order valence-electron chi connectivity index (χ1n) is 6.62. The van der Waals surface area contributed by atoms with Crippen LogP contribution < -0.4 is 10.2 Å². The van der Waals surface area contributed by atoms with Gasteiger partial charge in [0.2, 0.25) is 0 Å². The van der Waals surface area contributed by atoms with E-state index in [1.807, 2.05) is 12.1 Å². The minimum Gasteiger partial charge on any atom is -0.372 e. The maximum atomic E-state index is 11.9. The molecule has 0 aliphatic carbocycles. The molecule has 1 aliphatic heterocycles. The summed E-state index contributed by atoms with van der Waals surface area (Å²) in [4.78, 5) is 17.1. The first-order chi connectivity index (χ1) is 9.33. The van der Waals surface area contributed by atoms with Gasteiger partial charge in [0, 0.05) is 36.9 Å². The van der Waals surface area contributed by atoms with Gasteiger partial charge >= 0.3 is 0 Å². The Labute approximate surface area is 112 Å². The molecule has 19 heavy (non-hydrogen) atoms. The van der Waals surface area contributed by atoms with E-state index in [4.69, 9.17) is 0 Å². The molecule has 1 amide bonds. The number of rotatable bonds is 3. The Morgan fingerprint density at radius 3 is 2.47 bits per heavy atom. The summed E-state index contributed by atoms with van der Waals surface area (Å²) in [5.74, 6) is -0.0878. The molecule has 1 aromatic carbocycles. The maximum absolute atomic E-state index is 11.9. The van der Waals surface area contributed by atoms with Gasteiger partial charge in [-0.05, 0) is 43.2 Å². The van der Waals surface area contributed by atoms with Crippen LogP contribution in [0.1, 0.15) is 23.2 Å². The quantitative estimate of drug-likeness (QED) is 0.886. The fraction of sp³-hybridized carbons (Fsp3) is 0.267. The van der Waals surface area contributed by atoms with Crippen LogP contribution in [0.5, 0.6) is 0 Å². The molecule has 0 saturated carbocycles. The standard InChI is InChI=1S/C15H17N3O/c19-15(12-7-8-16-11-12)17-13-3-5-14(6-4-13)18-9-1-2-10-18/h3-8,11,16H,1-2,9-10H2,(H,17,19). The van der Waals surface area contributed by atoms with E-state index in [2.05, 4.69) is 27.3 Å². The van der Waals surface area contributed by atoms with Crippen LogP contribution >= 0.6 is 0 Å². The summed E-state index contributed by atoms with van der Waals surface area (Å²) >= 11 is 0. The molecule has 0 radical (unpaired) electrons. The highest BCUT2D eigenvalue weighted by Gasteiger charge is 2.12. The summed E-state index contributed by atoms with van der Waals surface area (Å²) in [6.07, 6.45) is 5.97. The van der Waals surface area contributed by atoms with Crippen molar-refractivity contribution in [3.05, 3.63) is 48.3 Å². The van der Waals surface area contributed by atoms with Crippen molar-refractivity contribution in [2.24, 2.45) is 0 Å². The number of nitrogens with one attached hydrogen (secondary N) is 2. The molecule has 2 heterocycles. The van der Waals surface area contributed by atoms with Gasteiger partial charge in [0.15, 0.2) is 0 Å². The summed E-state index contributed by atoms with van der Waals surface area (Å²) in [5.41, 5.74) is 2.70. The predicted octanol–water partition coefficient (Wildman–Crippen LogP) is 2.87. The molecule has 2 aromatic rings. The van der Waals surface area contributed by atoms with Crippen LogP contribution in [-0.4, -0.2) is 24.0 Å². The second kappa shape index (κ2) is 5.18. The number of hydrogen-bond donors (Lipinski definition) is 2. The van der Waals surface area contributed by atoms with Gasteiger partial charge in [0.25, 0.3) is 5.91 Å². The van der Waals surface area contributed by atoms with E-state index in [0.717, 1.165) is 18.8 Å². The smallest absolute Gasteiger partial charge is 0.257 e. The molecule has 1 saturated heterocycles. The van der Waals surface area contributed by atoms with E-state index in [0.29, 0.717) is 5.56 Å². The second-order valence-electron chi connectivity index (χ2n) is 4.79. The van der Waals surface area contributed by atoms with Crippen LogP contribution in [0.2, 0.25) is 0 Å². The topological polar surface area (TPSA) is 48.1 Å². The molecule has 0 unspecified atom stereocenters. The normalized spacial score (nSPS) is 14.6. The van der Waals surface area contributed by atoms with E-state index in [9.17, 15) is 4.79 Å². The SMILES string of the molecule is O=C(Nc1ccc(N2CCCC2)cc1)c1cc[nH]c1. The third-order valence-electron chi connectivity index (χ3n) is 3.46. The predicted molar refractivity (Wildman–Crippen MR) is 76.6 cm³/mol. The molecule has 2 N–H and O–H groups in total. The molecule has 0 atom stereocenters. The molecule has 1 aliphatic rings. The van der Waals surface area contributed by atoms with Gasteiger partial charge in [0.1, 0.15) is 0 Å². The number of carbonyl (C=O) groups excluding carboxylic acids is 1. The lowest BCUT2D eigenvalue weighted by atomic mass is 10.2. The fourth-order valence-corrected chi connectivity index (χ4v) is 2.40. The molecule has 4 nitrogen and oxygen atoms in total. The van der Waals surface area contributed by atoms with Crippen LogP contribution in [0, 0.1) is 0 Å². The van der Waals surface area contributed by atoms with E-state index in [-0.39, 0.29) is 5.91 Å². The van der Waals surface area contributed by atoms with Crippen molar-refractivity contribution in [2.75, 3.05) is 23.3 Å². The van der Waals surface area contributed by atoms with E-state index < -0.39 is 0 Å². The minimum absolute atomic E-state index is 0.0878. The summed E-state index contributed by atoms with van der Waals surface area (Å²) in [6, 6.07) is 9.81. The highest BCUT2D eigenvalue weighted by molar-refractivity contribution is 6.04. The Morgan fingerprint density at radius 2 is 1.84 bits per heavy atom. The minimum atomic E-state index is -0.0878. The lowest BCUT2D eigenvalue weighted by Crippen LogP contribution is -2.17. The highest BCUT2D eigenvalue weighted by Crippen LogP contribution is 2.22. The van der Waals surface area contributed by atoms with Crippen molar-refractivity contribution >= 4 is 17.3 Å². The average molecular weight is 255 g/mol. The van der Waals surface area contributed by atoms with Gasteiger partial charge < -0.3 is 15.2 Å². The van der Waals surface area contributed by atoms with Crippen LogP contribution in [0.25, 0.3) is 0 Å². The zero-order valence-electron chi connectivity index (χ0n) is 10.7. The molecule has 0 bridgehead atoms. The van der Waals surface area contributed by atoms with Gasteiger partial charge in [0.05, 0.1) is 5.56 Å². The molecular formula is C15H17N3O. The lowest BCUT2D eigenvalue weighted by Gasteiger charge is -2.17. The van der Waals surface area contributed by atoms with Gasteiger partial charge in [-0.1, -0.05) is 0 Å². The fourth-order valence-electron chi connectivity index (χ4n) is 2.40. The Balaban J connectivity index is 1.67. The first-order valence-corrected chi connectivity index (χ1v) is 6.62. The molecule has 1 fully saturated rings.